The van der Waals surface area contributed by atoms with Crippen molar-refractivity contribution in [3.63, 3.8) is 0 Å². The smallest absolute Gasteiger partial charge is 0.337 e. The monoisotopic (exact) mass is 279 g/mol. The van der Waals surface area contributed by atoms with Crippen LogP contribution in [0, 0.1) is 12.7 Å². The highest BCUT2D eigenvalue weighted by molar-refractivity contribution is 6.31. The van der Waals surface area contributed by atoms with Gasteiger partial charge in [-0.15, -0.1) is 0 Å². The highest BCUT2D eigenvalue weighted by Gasteiger charge is 2.11. The van der Waals surface area contributed by atoms with Crippen LogP contribution in [0.25, 0.3) is 0 Å². The highest BCUT2D eigenvalue weighted by atomic mass is 35.5. The van der Waals surface area contributed by atoms with E-state index in [2.05, 4.69) is 5.32 Å². The summed E-state index contributed by atoms with van der Waals surface area (Å²) in [4.78, 5) is 11.1. The van der Waals surface area contributed by atoms with E-state index in [0.717, 1.165) is 11.6 Å². The van der Waals surface area contributed by atoms with Crippen LogP contribution >= 0.6 is 11.6 Å². The second-order valence-corrected chi connectivity index (χ2v) is 4.49. The molecule has 2 rings (SSSR count). The molecule has 0 aliphatic rings. The molecule has 98 valence electrons. The van der Waals surface area contributed by atoms with Crippen molar-refractivity contribution >= 4 is 28.9 Å². The molecule has 0 fully saturated rings. The lowest BCUT2D eigenvalue weighted by atomic mass is 10.1. The number of benzene rings is 2. The summed E-state index contributed by atoms with van der Waals surface area (Å²) in [5, 5.41) is 12.5. The zero-order valence-electron chi connectivity index (χ0n) is 10.1. The molecule has 0 heterocycles. The topological polar surface area (TPSA) is 49.3 Å². The summed E-state index contributed by atoms with van der Waals surface area (Å²) in [6, 6.07) is 8.83. The standard InChI is InChI=1S/C14H11ClFNO2/c1-8-2-4-10(7-12(8)15)17-13-5-3-9(16)6-11(13)14(18)19/h2-7,17H,1H3,(H,18,19). The molecule has 2 aromatic rings. The molecule has 19 heavy (non-hydrogen) atoms. The third kappa shape index (κ3) is 3.03. The van der Waals surface area contributed by atoms with Gasteiger partial charge in [-0.1, -0.05) is 17.7 Å². The molecule has 0 unspecified atom stereocenters. The van der Waals surface area contributed by atoms with E-state index in [4.69, 9.17) is 16.7 Å². The fourth-order valence-electron chi connectivity index (χ4n) is 1.63. The Morgan fingerprint density at radius 1 is 1.26 bits per heavy atom. The Morgan fingerprint density at radius 3 is 2.63 bits per heavy atom. The normalized spacial score (nSPS) is 10.3. The number of hydrogen-bond donors (Lipinski definition) is 2. The molecule has 0 atom stereocenters. The van der Waals surface area contributed by atoms with Gasteiger partial charge in [-0.05, 0) is 42.8 Å². The van der Waals surface area contributed by atoms with E-state index >= 15 is 0 Å². The first kappa shape index (κ1) is 13.4. The minimum Gasteiger partial charge on any atom is -0.478 e. The number of carbonyl (C=O) groups is 1. The minimum absolute atomic E-state index is 0.128. The van der Waals surface area contributed by atoms with Gasteiger partial charge in [-0.3, -0.25) is 0 Å². The van der Waals surface area contributed by atoms with Crippen LogP contribution in [0.5, 0.6) is 0 Å². The fraction of sp³-hybridized carbons (Fsp3) is 0.0714. The highest BCUT2D eigenvalue weighted by Crippen LogP contribution is 2.25. The van der Waals surface area contributed by atoms with Gasteiger partial charge < -0.3 is 10.4 Å². The predicted molar refractivity (Wildman–Crippen MR) is 72.8 cm³/mol. The van der Waals surface area contributed by atoms with E-state index in [0.29, 0.717) is 16.4 Å². The Hall–Kier alpha value is -2.07. The molecule has 0 aliphatic heterocycles. The molecule has 3 nitrogen and oxygen atoms in total. The van der Waals surface area contributed by atoms with Gasteiger partial charge in [-0.2, -0.15) is 0 Å². The average Bonchev–Trinajstić information content (AvgIpc) is 2.36. The van der Waals surface area contributed by atoms with Gasteiger partial charge in [0.15, 0.2) is 0 Å². The first-order valence-electron chi connectivity index (χ1n) is 5.53. The molecule has 0 saturated carbocycles. The molecule has 2 N–H and O–H groups in total. The Morgan fingerprint density at radius 2 is 2.00 bits per heavy atom. The van der Waals surface area contributed by atoms with Crippen molar-refractivity contribution in [2.45, 2.75) is 6.92 Å². The van der Waals surface area contributed by atoms with E-state index in [1.165, 1.54) is 12.1 Å². The number of halogens is 2. The van der Waals surface area contributed by atoms with Crippen molar-refractivity contribution in [1.82, 2.24) is 0 Å². The molecule has 0 amide bonds. The average molecular weight is 280 g/mol. The predicted octanol–water partition coefficient (Wildman–Crippen LogP) is 4.23. The van der Waals surface area contributed by atoms with E-state index < -0.39 is 11.8 Å². The summed E-state index contributed by atoms with van der Waals surface area (Å²) in [5.74, 6) is -1.79. The van der Waals surface area contributed by atoms with Crippen molar-refractivity contribution in [1.29, 1.82) is 0 Å². The lowest BCUT2D eigenvalue weighted by Gasteiger charge is -2.10. The lowest BCUT2D eigenvalue weighted by molar-refractivity contribution is 0.0697. The van der Waals surface area contributed by atoms with E-state index in [1.807, 2.05) is 13.0 Å². The first-order valence-corrected chi connectivity index (χ1v) is 5.91. The second-order valence-electron chi connectivity index (χ2n) is 4.08. The van der Waals surface area contributed by atoms with Crippen molar-refractivity contribution in [2.24, 2.45) is 0 Å². The maximum atomic E-state index is 13.1. The molecule has 5 heteroatoms. The number of carboxylic acids is 1. The lowest BCUT2D eigenvalue weighted by Crippen LogP contribution is -2.03. The quantitative estimate of drug-likeness (QED) is 0.884. The summed E-state index contributed by atoms with van der Waals surface area (Å²) >= 11 is 5.99. The number of rotatable bonds is 3. The van der Waals surface area contributed by atoms with Crippen LogP contribution in [0.3, 0.4) is 0 Å². The summed E-state index contributed by atoms with van der Waals surface area (Å²) in [6.07, 6.45) is 0. The van der Waals surface area contributed by atoms with Gasteiger partial charge in [0, 0.05) is 10.7 Å². The Balaban J connectivity index is 2.37. The molecule has 0 aromatic heterocycles. The SMILES string of the molecule is Cc1ccc(Nc2ccc(F)cc2C(=O)O)cc1Cl. The number of aromatic carboxylic acids is 1. The molecule has 0 spiro atoms. The Labute approximate surface area is 114 Å². The largest absolute Gasteiger partial charge is 0.478 e. The van der Waals surface area contributed by atoms with Gasteiger partial charge in [-0.25, -0.2) is 9.18 Å². The minimum atomic E-state index is -1.19. The van der Waals surface area contributed by atoms with Gasteiger partial charge in [0.1, 0.15) is 5.82 Å². The zero-order chi connectivity index (χ0) is 14.0. The zero-order valence-corrected chi connectivity index (χ0v) is 10.8. The number of aryl methyl sites for hydroxylation is 1. The Kier molecular flexibility index (Phi) is 3.71. The molecule has 2 aromatic carbocycles. The van der Waals surface area contributed by atoms with E-state index in [-0.39, 0.29) is 5.56 Å². The van der Waals surface area contributed by atoms with Crippen molar-refractivity contribution in [2.75, 3.05) is 5.32 Å². The second kappa shape index (κ2) is 5.28. The first-order chi connectivity index (χ1) is 8.97. The maximum absolute atomic E-state index is 13.1. The molecular formula is C14H11ClFNO2. The summed E-state index contributed by atoms with van der Waals surface area (Å²) < 4.78 is 13.1. The number of hydrogen-bond acceptors (Lipinski definition) is 2. The van der Waals surface area contributed by atoms with Gasteiger partial charge in [0.05, 0.1) is 11.3 Å². The summed E-state index contributed by atoms with van der Waals surface area (Å²) in [5.41, 5.74) is 1.75. The summed E-state index contributed by atoms with van der Waals surface area (Å²) in [7, 11) is 0. The molecule has 0 bridgehead atoms. The van der Waals surface area contributed by atoms with E-state index in [1.54, 1.807) is 12.1 Å². The van der Waals surface area contributed by atoms with E-state index in [9.17, 15) is 9.18 Å². The summed E-state index contributed by atoms with van der Waals surface area (Å²) in [6.45, 7) is 1.87. The molecule has 0 saturated heterocycles. The van der Waals surface area contributed by atoms with Crippen LogP contribution in [0.1, 0.15) is 15.9 Å². The third-order valence-electron chi connectivity index (χ3n) is 2.66. The fourth-order valence-corrected chi connectivity index (χ4v) is 1.81. The molecule has 0 radical (unpaired) electrons. The van der Waals surface area contributed by atoms with Crippen LogP contribution in [0.4, 0.5) is 15.8 Å². The molecule has 0 aliphatic carbocycles. The van der Waals surface area contributed by atoms with Gasteiger partial charge >= 0.3 is 5.97 Å². The van der Waals surface area contributed by atoms with Crippen molar-refractivity contribution in [3.05, 3.63) is 58.4 Å². The van der Waals surface area contributed by atoms with Gasteiger partial charge in [0.25, 0.3) is 0 Å². The van der Waals surface area contributed by atoms with Crippen LogP contribution < -0.4 is 5.32 Å². The van der Waals surface area contributed by atoms with Crippen molar-refractivity contribution in [3.8, 4) is 0 Å². The number of nitrogens with one attached hydrogen (secondary N) is 1. The maximum Gasteiger partial charge on any atom is 0.337 e. The van der Waals surface area contributed by atoms with Crippen LogP contribution in [-0.2, 0) is 0 Å². The molecular weight excluding hydrogens is 269 g/mol. The van der Waals surface area contributed by atoms with Crippen LogP contribution in [0.15, 0.2) is 36.4 Å². The van der Waals surface area contributed by atoms with Crippen molar-refractivity contribution < 1.29 is 14.3 Å². The van der Waals surface area contributed by atoms with Crippen LogP contribution in [-0.4, -0.2) is 11.1 Å². The van der Waals surface area contributed by atoms with Crippen LogP contribution in [0.2, 0.25) is 5.02 Å². The Bertz CT molecular complexity index is 643. The number of carboxylic acid groups (broad SMARTS) is 1. The van der Waals surface area contributed by atoms with Gasteiger partial charge in [0.2, 0.25) is 0 Å². The number of anilines is 2. The third-order valence-corrected chi connectivity index (χ3v) is 3.07.